The number of carbonyl (C=O) groups excluding carboxylic acids is 2. The Morgan fingerprint density at radius 1 is 1.10 bits per heavy atom. The van der Waals surface area contributed by atoms with Crippen molar-refractivity contribution < 1.29 is 14.0 Å². The van der Waals surface area contributed by atoms with Crippen molar-refractivity contribution in [1.29, 1.82) is 0 Å². The number of nitrogens with zero attached hydrogens (tertiary/aromatic N) is 2. The SMILES string of the molecule is CC(C)N(Cc1cc(NC(=O)C2CCCC2)ccc1N(C)C)C(=O)c1cccc(F)c1. The first-order chi connectivity index (χ1) is 14.8. The fraction of sp³-hybridized carbons (Fsp3) is 0.440. The van der Waals surface area contributed by atoms with Crippen LogP contribution in [0.3, 0.4) is 0 Å². The third-order valence-corrected chi connectivity index (χ3v) is 5.85. The van der Waals surface area contributed by atoms with Gasteiger partial charge in [0.2, 0.25) is 5.91 Å². The third kappa shape index (κ3) is 5.63. The molecule has 1 aliphatic rings. The van der Waals surface area contributed by atoms with Gasteiger partial charge in [0.25, 0.3) is 5.91 Å². The summed E-state index contributed by atoms with van der Waals surface area (Å²) in [5.74, 6) is -0.504. The highest BCUT2D eigenvalue weighted by Crippen LogP contribution is 2.29. The van der Waals surface area contributed by atoms with Crippen molar-refractivity contribution in [1.82, 2.24) is 4.90 Å². The van der Waals surface area contributed by atoms with Gasteiger partial charge in [-0.3, -0.25) is 9.59 Å². The summed E-state index contributed by atoms with van der Waals surface area (Å²) in [5.41, 5.74) is 2.95. The molecule has 0 radical (unpaired) electrons. The van der Waals surface area contributed by atoms with E-state index in [4.69, 9.17) is 0 Å². The quantitative estimate of drug-likeness (QED) is 0.674. The molecule has 0 unspecified atom stereocenters. The predicted molar refractivity (Wildman–Crippen MR) is 123 cm³/mol. The molecule has 166 valence electrons. The molecule has 31 heavy (non-hydrogen) atoms. The van der Waals surface area contributed by atoms with E-state index >= 15 is 0 Å². The van der Waals surface area contributed by atoms with E-state index in [1.54, 1.807) is 17.0 Å². The summed E-state index contributed by atoms with van der Waals surface area (Å²) >= 11 is 0. The molecular weight excluding hydrogens is 393 g/mol. The first-order valence-corrected chi connectivity index (χ1v) is 10.9. The highest BCUT2D eigenvalue weighted by molar-refractivity contribution is 5.95. The number of hydrogen-bond donors (Lipinski definition) is 1. The maximum Gasteiger partial charge on any atom is 0.254 e. The molecule has 2 amide bonds. The number of benzene rings is 2. The zero-order valence-corrected chi connectivity index (χ0v) is 18.8. The van der Waals surface area contributed by atoms with Crippen LogP contribution in [0.1, 0.15) is 55.5 Å². The second-order valence-electron chi connectivity index (χ2n) is 8.75. The van der Waals surface area contributed by atoms with Crippen molar-refractivity contribution >= 4 is 23.2 Å². The fourth-order valence-corrected chi connectivity index (χ4v) is 4.12. The Balaban J connectivity index is 1.86. The Morgan fingerprint density at radius 2 is 1.81 bits per heavy atom. The molecule has 3 rings (SSSR count). The molecule has 0 atom stereocenters. The first kappa shape index (κ1) is 22.8. The highest BCUT2D eigenvalue weighted by atomic mass is 19.1. The number of anilines is 2. The van der Waals surface area contributed by atoms with Crippen LogP contribution >= 0.6 is 0 Å². The molecular formula is C25H32FN3O2. The minimum Gasteiger partial charge on any atom is -0.377 e. The van der Waals surface area contributed by atoms with Crippen LogP contribution in [-0.2, 0) is 11.3 Å². The Kier molecular flexibility index (Phi) is 7.31. The molecule has 2 aromatic rings. The standard InChI is InChI=1S/C25H32FN3O2/c1-17(2)29(25(31)19-10-7-11-21(26)14-19)16-20-15-22(12-13-23(20)28(3)4)27-24(30)18-8-5-6-9-18/h7,10-15,17-18H,5-6,8-9,16H2,1-4H3,(H,27,30). The van der Waals surface area contributed by atoms with E-state index in [1.807, 2.05) is 51.0 Å². The molecule has 1 fully saturated rings. The van der Waals surface area contributed by atoms with Crippen molar-refractivity contribution in [2.75, 3.05) is 24.3 Å². The number of nitrogens with one attached hydrogen (secondary N) is 1. The van der Waals surface area contributed by atoms with Crippen LogP contribution in [0.15, 0.2) is 42.5 Å². The van der Waals surface area contributed by atoms with E-state index in [1.165, 1.54) is 12.1 Å². The minimum atomic E-state index is -0.430. The van der Waals surface area contributed by atoms with E-state index in [2.05, 4.69) is 5.32 Å². The van der Waals surface area contributed by atoms with Crippen LogP contribution < -0.4 is 10.2 Å². The Bertz CT molecular complexity index is 936. The van der Waals surface area contributed by atoms with Gasteiger partial charge in [-0.1, -0.05) is 18.9 Å². The maximum absolute atomic E-state index is 13.7. The number of amides is 2. The predicted octanol–water partition coefficient (Wildman–Crippen LogP) is 5.07. The lowest BCUT2D eigenvalue weighted by Gasteiger charge is -2.29. The summed E-state index contributed by atoms with van der Waals surface area (Å²) in [6.45, 7) is 4.24. The average molecular weight is 426 g/mol. The van der Waals surface area contributed by atoms with Gasteiger partial charge >= 0.3 is 0 Å². The zero-order chi connectivity index (χ0) is 22.5. The van der Waals surface area contributed by atoms with E-state index in [0.29, 0.717) is 12.1 Å². The van der Waals surface area contributed by atoms with E-state index < -0.39 is 5.82 Å². The van der Waals surface area contributed by atoms with Gasteiger partial charge in [-0.05, 0) is 68.7 Å². The van der Waals surface area contributed by atoms with Gasteiger partial charge in [-0.2, -0.15) is 0 Å². The van der Waals surface area contributed by atoms with Gasteiger partial charge in [0.15, 0.2) is 0 Å². The molecule has 6 heteroatoms. The van der Waals surface area contributed by atoms with E-state index in [0.717, 1.165) is 42.6 Å². The number of carbonyl (C=O) groups is 2. The van der Waals surface area contributed by atoms with Crippen LogP contribution in [0.2, 0.25) is 0 Å². The summed E-state index contributed by atoms with van der Waals surface area (Å²) in [5, 5.41) is 3.05. The normalized spacial score (nSPS) is 14.0. The Morgan fingerprint density at radius 3 is 2.42 bits per heavy atom. The Labute approximate surface area is 184 Å². The van der Waals surface area contributed by atoms with Crippen LogP contribution in [0.25, 0.3) is 0 Å². The molecule has 0 aromatic heterocycles. The smallest absolute Gasteiger partial charge is 0.254 e. The topological polar surface area (TPSA) is 52.7 Å². The molecule has 0 bridgehead atoms. The summed E-state index contributed by atoms with van der Waals surface area (Å²) < 4.78 is 13.7. The summed E-state index contributed by atoms with van der Waals surface area (Å²) in [6, 6.07) is 11.5. The zero-order valence-electron chi connectivity index (χ0n) is 18.8. The second-order valence-corrected chi connectivity index (χ2v) is 8.75. The lowest BCUT2D eigenvalue weighted by molar-refractivity contribution is -0.119. The van der Waals surface area contributed by atoms with Crippen molar-refractivity contribution in [2.45, 2.75) is 52.1 Å². The lowest BCUT2D eigenvalue weighted by atomic mass is 10.1. The molecule has 0 saturated heterocycles. The Hall–Kier alpha value is -2.89. The molecule has 1 aliphatic carbocycles. The maximum atomic E-state index is 13.7. The molecule has 0 heterocycles. The first-order valence-electron chi connectivity index (χ1n) is 10.9. The van der Waals surface area contributed by atoms with Gasteiger partial charge in [-0.25, -0.2) is 4.39 Å². The van der Waals surface area contributed by atoms with Crippen LogP contribution in [-0.4, -0.2) is 36.9 Å². The third-order valence-electron chi connectivity index (χ3n) is 5.85. The minimum absolute atomic E-state index is 0.0672. The molecule has 2 aromatic carbocycles. The van der Waals surface area contributed by atoms with Gasteiger partial charge in [0, 0.05) is 49.5 Å². The average Bonchev–Trinajstić information content (AvgIpc) is 3.26. The summed E-state index contributed by atoms with van der Waals surface area (Å²) in [4.78, 5) is 29.4. The second kappa shape index (κ2) is 9.94. The van der Waals surface area contributed by atoms with Crippen LogP contribution in [0.4, 0.5) is 15.8 Å². The molecule has 0 aliphatic heterocycles. The van der Waals surface area contributed by atoms with Crippen molar-refractivity contribution in [3.05, 3.63) is 59.4 Å². The number of hydrogen-bond acceptors (Lipinski definition) is 3. The van der Waals surface area contributed by atoms with Gasteiger partial charge in [0.05, 0.1) is 0 Å². The summed E-state index contributed by atoms with van der Waals surface area (Å²) in [7, 11) is 3.90. The van der Waals surface area contributed by atoms with Crippen LogP contribution in [0, 0.1) is 11.7 Å². The number of halogens is 1. The molecule has 1 saturated carbocycles. The van der Waals surface area contributed by atoms with E-state index in [9.17, 15) is 14.0 Å². The monoisotopic (exact) mass is 425 g/mol. The van der Waals surface area contributed by atoms with Gasteiger partial charge in [-0.15, -0.1) is 0 Å². The molecule has 5 nitrogen and oxygen atoms in total. The number of rotatable bonds is 7. The van der Waals surface area contributed by atoms with E-state index in [-0.39, 0.29) is 23.8 Å². The fourth-order valence-electron chi connectivity index (χ4n) is 4.12. The lowest BCUT2D eigenvalue weighted by Crippen LogP contribution is -2.37. The van der Waals surface area contributed by atoms with Crippen LogP contribution in [0.5, 0.6) is 0 Å². The largest absolute Gasteiger partial charge is 0.377 e. The molecule has 1 N–H and O–H groups in total. The van der Waals surface area contributed by atoms with Crippen molar-refractivity contribution in [3.63, 3.8) is 0 Å². The summed E-state index contributed by atoms with van der Waals surface area (Å²) in [6.07, 6.45) is 4.10. The van der Waals surface area contributed by atoms with Gasteiger partial charge < -0.3 is 15.1 Å². The molecule has 0 spiro atoms. The highest BCUT2D eigenvalue weighted by Gasteiger charge is 2.24. The van der Waals surface area contributed by atoms with Crippen molar-refractivity contribution in [2.24, 2.45) is 5.92 Å². The van der Waals surface area contributed by atoms with Crippen molar-refractivity contribution in [3.8, 4) is 0 Å². The van der Waals surface area contributed by atoms with Gasteiger partial charge in [0.1, 0.15) is 5.82 Å².